The molecule has 0 saturated heterocycles. The molecule has 0 spiro atoms. The normalized spacial score (nSPS) is 11.5. The van der Waals surface area contributed by atoms with Gasteiger partial charge in [-0.2, -0.15) is 13.4 Å². The average molecular weight is 375 g/mol. The Morgan fingerprint density at radius 2 is 1.77 bits per heavy atom. The summed E-state index contributed by atoms with van der Waals surface area (Å²) in [5.74, 6) is -0.719. The summed E-state index contributed by atoms with van der Waals surface area (Å²) in [6, 6.07) is 13.5. The molecule has 0 bridgehead atoms. The minimum Gasteiger partial charge on any atom is -0.462 e. The number of halogens is 1. The minimum absolute atomic E-state index is 0.0302. The lowest BCUT2D eigenvalue weighted by Crippen LogP contribution is -2.16. The standard InChI is InChI=1S/C18H18FN3O3S/c1-2-3-13-25-18-20-17(15-11-7-8-12-16(15)19)22(21-18)26(23,24)14-9-5-4-6-10-14/h4-12H,2-3,13H2,1H3. The first-order valence-electron chi connectivity index (χ1n) is 8.19. The van der Waals surface area contributed by atoms with Crippen LogP contribution in [0.15, 0.2) is 59.5 Å². The third-order valence-electron chi connectivity index (χ3n) is 3.67. The molecule has 3 rings (SSSR count). The van der Waals surface area contributed by atoms with E-state index in [1.54, 1.807) is 24.3 Å². The summed E-state index contributed by atoms with van der Waals surface area (Å²) in [5.41, 5.74) is 0.0323. The van der Waals surface area contributed by atoms with Crippen molar-refractivity contribution in [2.45, 2.75) is 24.7 Å². The number of hydrogen-bond donors (Lipinski definition) is 0. The number of benzene rings is 2. The first-order chi connectivity index (χ1) is 12.5. The molecule has 136 valence electrons. The molecule has 3 aromatic rings. The van der Waals surface area contributed by atoms with Crippen LogP contribution in [0.25, 0.3) is 11.4 Å². The van der Waals surface area contributed by atoms with E-state index >= 15 is 0 Å². The molecule has 0 atom stereocenters. The van der Waals surface area contributed by atoms with Gasteiger partial charge in [-0.25, -0.2) is 4.39 Å². The zero-order valence-electron chi connectivity index (χ0n) is 14.2. The molecule has 0 fully saturated rings. The highest BCUT2D eigenvalue weighted by Crippen LogP contribution is 2.26. The van der Waals surface area contributed by atoms with Crippen molar-refractivity contribution in [1.82, 2.24) is 14.2 Å². The molecule has 1 heterocycles. The lowest BCUT2D eigenvalue weighted by atomic mass is 10.2. The summed E-state index contributed by atoms with van der Waals surface area (Å²) in [6.07, 6.45) is 1.68. The van der Waals surface area contributed by atoms with Crippen LogP contribution < -0.4 is 4.74 Å². The van der Waals surface area contributed by atoms with Gasteiger partial charge >= 0.3 is 6.01 Å². The zero-order chi connectivity index (χ0) is 18.6. The van der Waals surface area contributed by atoms with Crippen molar-refractivity contribution in [2.75, 3.05) is 6.61 Å². The molecule has 6 nitrogen and oxygen atoms in total. The fourth-order valence-corrected chi connectivity index (χ4v) is 3.56. The van der Waals surface area contributed by atoms with Gasteiger partial charge in [0.2, 0.25) is 0 Å². The van der Waals surface area contributed by atoms with Gasteiger partial charge in [0, 0.05) is 0 Å². The van der Waals surface area contributed by atoms with Crippen molar-refractivity contribution in [3.8, 4) is 17.4 Å². The molecular weight excluding hydrogens is 357 g/mol. The van der Waals surface area contributed by atoms with E-state index in [1.165, 1.54) is 30.3 Å². The summed E-state index contributed by atoms with van der Waals surface area (Å²) in [5, 5.41) is 3.98. The lowest BCUT2D eigenvalue weighted by molar-refractivity contribution is 0.286. The van der Waals surface area contributed by atoms with Gasteiger partial charge in [0.15, 0.2) is 5.82 Å². The minimum atomic E-state index is -4.05. The van der Waals surface area contributed by atoms with E-state index < -0.39 is 15.8 Å². The molecule has 0 unspecified atom stereocenters. The van der Waals surface area contributed by atoms with E-state index in [2.05, 4.69) is 10.1 Å². The SMILES string of the molecule is CCCCOc1nc(-c2ccccc2F)n(S(=O)(=O)c2ccccc2)n1. The van der Waals surface area contributed by atoms with Crippen LogP contribution in [0.4, 0.5) is 4.39 Å². The summed E-state index contributed by atoms with van der Waals surface area (Å²) in [4.78, 5) is 4.15. The molecule has 0 N–H and O–H groups in total. The van der Waals surface area contributed by atoms with Crippen LogP contribution in [0, 0.1) is 5.82 Å². The summed E-state index contributed by atoms with van der Waals surface area (Å²) in [7, 11) is -4.05. The van der Waals surface area contributed by atoms with Crippen LogP contribution in [0.3, 0.4) is 0 Å². The van der Waals surface area contributed by atoms with Gasteiger partial charge in [0.1, 0.15) is 5.82 Å². The van der Waals surface area contributed by atoms with Crippen LogP contribution in [0.5, 0.6) is 6.01 Å². The monoisotopic (exact) mass is 375 g/mol. The van der Waals surface area contributed by atoms with E-state index in [4.69, 9.17) is 4.74 Å². The molecule has 26 heavy (non-hydrogen) atoms. The van der Waals surface area contributed by atoms with E-state index in [9.17, 15) is 12.8 Å². The van der Waals surface area contributed by atoms with Gasteiger partial charge in [0.25, 0.3) is 10.0 Å². The fourth-order valence-electron chi connectivity index (χ4n) is 2.32. The largest absolute Gasteiger partial charge is 0.462 e. The van der Waals surface area contributed by atoms with Gasteiger partial charge in [-0.1, -0.05) is 48.8 Å². The number of unbranched alkanes of at least 4 members (excludes halogenated alkanes) is 1. The highest BCUT2D eigenvalue weighted by atomic mass is 32.2. The smallest absolute Gasteiger partial charge is 0.337 e. The second-order valence-electron chi connectivity index (χ2n) is 5.56. The van der Waals surface area contributed by atoms with Crippen molar-refractivity contribution < 1.29 is 17.5 Å². The third kappa shape index (κ3) is 3.60. The highest BCUT2D eigenvalue weighted by Gasteiger charge is 2.26. The summed E-state index contributed by atoms with van der Waals surface area (Å²) < 4.78 is 46.3. The lowest BCUT2D eigenvalue weighted by Gasteiger charge is -2.07. The average Bonchev–Trinajstić information content (AvgIpc) is 3.08. The molecule has 0 aliphatic heterocycles. The van der Waals surface area contributed by atoms with Crippen LogP contribution in [0.1, 0.15) is 19.8 Å². The number of hydrogen-bond acceptors (Lipinski definition) is 5. The van der Waals surface area contributed by atoms with E-state index in [0.717, 1.165) is 16.9 Å². The van der Waals surface area contributed by atoms with Gasteiger partial charge in [-0.3, -0.25) is 0 Å². The van der Waals surface area contributed by atoms with Gasteiger partial charge < -0.3 is 4.74 Å². The van der Waals surface area contributed by atoms with Crippen molar-refractivity contribution in [2.24, 2.45) is 0 Å². The Hall–Kier alpha value is -2.74. The van der Waals surface area contributed by atoms with E-state index in [0.29, 0.717) is 6.61 Å². The van der Waals surface area contributed by atoms with Crippen molar-refractivity contribution in [1.29, 1.82) is 0 Å². The highest BCUT2D eigenvalue weighted by molar-refractivity contribution is 7.90. The Morgan fingerprint density at radius 1 is 1.08 bits per heavy atom. The second-order valence-corrected chi connectivity index (χ2v) is 7.33. The van der Waals surface area contributed by atoms with E-state index in [1.807, 2.05) is 6.92 Å². The number of aromatic nitrogens is 3. The fraction of sp³-hybridized carbons (Fsp3) is 0.222. The first-order valence-corrected chi connectivity index (χ1v) is 9.63. The van der Waals surface area contributed by atoms with Crippen LogP contribution in [-0.2, 0) is 10.0 Å². The van der Waals surface area contributed by atoms with Crippen LogP contribution in [-0.4, -0.2) is 29.2 Å². The van der Waals surface area contributed by atoms with Crippen molar-refractivity contribution >= 4 is 10.0 Å². The topological polar surface area (TPSA) is 74.1 Å². The van der Waals surface area contributed by atoms with Crippen molar-refractivity contribution in [3.05, 3.63) is 60.4 Å². The Labute approximate surface area is 151 Å². The first kappa shape index (κ1) is 18.1. The molecule has 0 amide bonds. The van der Waals surface area contributed by atoms with E-state index in [-0.39, 0.29) is 22.3 Å². The van der Waals surface area contributed by atoms with Crippen LogP contribution >= 0.6 is 0 Å². The molecule has 8 heteroatoms. The Bertz CT molecular complexity index is 988. The number of ether oxygens (including phenoxy) is 1. The zero-order valence-corrected chi connectivity index (χ0v) is 15.0. The predicted octanol–water partition coefficient (Wildman–Crippen LogP) is 3.50. The summed E-state index contributed by atoms with van der Waals surface area (Å²) >= 11 is 0. The molecule has 0 saturated carbocycles. The second kappa shape index (κ2) is 7.65. The maximum absolute atomic E-state index is 14.2. The number of rotatable bonds is 7. The molecule has 2 aromatic carbocycles. The number of nitrogens with zero attached hydrogens (tertiary/aromatic N) is 3. The predicted molar refractivity (Wildman–Crippen MR) is 94.8 cm³/mol. The van der Waals surface area contributed by atoms with Crippen molar-refractivity contribution in [3.63, 3.8) is 0 Å². The molecular formula is C18H18FN3O3S. The van der Waals surface area contributed by atoms with Crippen LogP contribution in [0.2, 0.25) is 0 Å². The summed E-state index contributed by atoms with van der Waals surface area (Å²) in [6.45, 7) is 2.35. The molecule has 0 aliphatic carbocycles. The molecule has 0 aliphatic rings. The van der Waals surface area contributed by atoms with Gasteiger partial charge in [-0.05, 0) is 30.7 Å². The third-order valence-corrected chi connectivity index (χ3v) is 5.25. The Kier molecular flexibility index (Phi) is 5.32. The Balaban J connectivity index is 2.12. The van der Waals surface area contributed by atoms with Gasteiger partial charge in [-0.15, -0.1) is 4.09 Å². The maximum Gasteiger partial charge on any atom is 0.337 e. The quantitative estimate of drug-likeness (QED) is 0.591. The Morgan fingerprint density at radius 3 is 2.46 bits per heavy atom. The van der Waals surface area contributed by atoms with Gasteiger partial charge in [0.05, 0.1) is 17.1 Å². The maximum atomic E-state index is 14.2. The molecule has 0 radical (unpaired) electrons. The molecule has 1 aromatic heterocycles.